The molecule has 0 aromatic carbocycles. The molecule has 0 heterocycles. The van der Waals surface area contributed by atoms with Gasteiger partial charge in [0.1, 0.15) is 0 Å². The first-order valence-electron chi connectivity index (χ1n) is 5.44. The van der Waals surface area contributed by atoms with Crippen molar-refractivity contribution in [3.05, 3.63) is 0 Å². The van der Waals surface area contributed by atoms with Crippen LogP contribution in [0.15, 0.2) is 0 Å². The molecule has 1 aliphatic carbocycles. The minimum atomic E-state index is -0.870. The lowest BCUT2D eigenvalue weighted by Crippen LogP contribution is -2.33. The Bertz CT molecular complexity index is 165. The van der Waals surface area contributed by atoms with Crippen LogP contribution in [0.2, 0.25) is 0 Å². The van der Waals surface area contributed by atoms with Crippen LogP contribution in [0, 0.1) is 11.8 Å². The highest BCUT2D eigenvalue weighted by atomic mass is 16.4. The minimum Gasteiger partial charge on any atom is -0.550 e. The molecule has 2 nitrogen and oxygen atoms in total. The third-order valence-electron chi connectivity index (χ3n) is 3.18. The van der Waals surface area contributed by atoms with E-state index in [-0.39, 0.29) is 6.42 Å². The van der Waals surface area contributed by atoms with Crippen LogP contribution in [0.3, 0.4) is 0 Å². The fraction of sp³-hybridized carbons (Fsp3) is 0.909. The number of carbonyl (C=O) groups is 1. The molecule has 1 aliphatic rings. The smallest absolute Gasteiger partial charge is 0.0417 e. The van der Waals surface area contributed by atoms with Gasteiger partial charge >= 0.3 is 0 Å². The Kier molecular flexibility index (Phi) is 4.26. The molecule has 2 atom stereocenters. The molecule has 0 bridgehead atoms. The molecule has 0 radical (unpaired) electrons. The van der Waals surface area contributed by atoms with E-state index in [1.54, 1.807) is 0 Å². The molecule has 0 aromatic heterocycles. The van der Waals surface area contributed by atoms with E-state index in [9.17, 15) is 9.90 Å². The SMILES string of the molecule is CCCCCC1CCC1CC(=O)[O-]. The predicted molar refractivity (Wildman–Crippen MR) is 50.0 cm³/mol. The van der Waals surface area contributed by atoms with Crippen LogP contribution < -0.4 is 5.11 Å². The average Bonchev–Trinajstić information content (AvgIpc) is 2.06. The van der Waals surface area contributed by atoms with Crippen molar-refractivity contribution >= 4 is 5.97 Å². The molecule has 0 spiro atoms. The fourth-order valence-corrected chi connectivity index (χ4v) is 2.16. The second kappa shape index (κ2) is 5.25. The summed E-state index contributed by atoms with van der Waals surface area (Å²) in [5, 5.41) is 10.4. The highest BCUT2D eigenvalue weighted by molar-refractivity contribution is 5.64. The standard InChI is InChI=1S/C11H20O2/c1-2-3-4-5-9-6-7-10(9)8-11(12)13/h9-10H,2-8H2,1H3,(H,12,13)/p-1. The summed E-state index contributed by atoms with van der Waals surface area (Å²) in [5.74, 6) is 0.247. The Labute approximate surface area is 80.3 Å². The maximum atomic E-state index is 10.4. The van der Waals surface area contributed by atoms with Gasteiger partial charge in [-0.3, -0.25) is 0 Å². The highest BCUT2D eigenvalue weighted by Gasteiger charge is 2.29. The second-order valence-electron chi connectivity index (χ2n) is 4.17. The summed E-state index contributed by atoms with van der Waals surface area (Å²) in [5.41, 5.74) is 0. The number of hydrogen-bond donors (Lipinski definition) is 0. The van der Waals surface area contributed by atoms with Gasteiger partial charge in [0.25, 0.3) is 0 Å². The molecule has 0 amide bonds. The number of carboxylic acid groups (broad SMARTS) is 1. The molecule has 2 heteroatoms. The van der Waals surface area contributed by atoms with Gasteiger partial charge in [-0.15, -0.1) is 0 Å². The van der Waals surface area contributed by atoms with Crippen molar-refractivity contribution in [2.45, 2.75) is 51.9 Å². The summed E-state index contributed by atoms with van der Waals surface area (Å²) in [6, 6.07) is 0. The first kappa shape index (κ1) is 10.6. The molecular weight excluding hydrogens is 164 g/mol. The summed E-state index contributed by atoms with van der Waals surface area (Å²) in [6.07, 6.45) is 7.66. The van der Waals surface area contributed by atoms with Gasteiger partial charge in [0.2, 0.25) is 0 Å². The van der Waals surface area contributed by atoms with Gasteiger partial charge in [-0.25, -0.2) is 0 Å². The number of carboxylic acids is 1. The first-order valence-corrected chi connectivity index (χ1v) is 5.44. The Hall–Kier alpha value is -0.530. The van der Waals surface area contributed by atoms with E-state index in [0.29, 0.717) is 11.8 Å². The highest BCUT2D eigenvalue weighted by Crippen LogP contribution is 2.39. The summed E-state index contributed by atoms with van der Waals surface area (Å²) in [7, 11) is 0. The van der Waals surface area contributed by atoms with Gasteiger partial charge in [0, 0.05) is 5.97 Å². The Morgan fingerprint density at radius 1 is 1.31 bits per heavy atom. The zero-order valence-corrected chi connectivity index (χ0v) is 8.42. The van der Waals surface area contributed by atoms with Crippen molar-refractivity contribution in [3.63, 3.8) is 0 Å². The molecule has 0 N–H and O–H groups in total. The van der Waals surface area contributed by atoms with Crippen LogP contribution in [0.4, 0.5) is 0 Å². The molecule has 2 unspecified atom stereocenters. The van der Waals surface area contributed by atoms with Gasteiger partial charge < -0.3 is 9.90 Å². The van der Waals surface area contributed by atoms with Crippen molar-refractivity contribution in [3.8, 4) is 0 Å². The second-order valence-corrected chi connectivity index (χ2v) is 4.17. The normalized spacial score (nSPS) is 26.8. The lowest BCUT2D eigenvalue weighted by molar-refractivity contribution is -0.307. The Balaban J connectivity index is 2.09. The van der Waals surface area contributed by atoms with Gasteiger partial charge in [0.15, 0.2) is 0 Å². The first-order chi connectivity index (χ1) is 6.24. The van der Waals surface area contributed by atoms with E-state index >= 15 is 0 Å². The zero-order chi connectivity index (χ0) is 9.68. The lowest BCUT2D eigenvalue weighted by atomic mass is 9.69. The van der Waals surface area contributed by atoms with E-state index in [2.05, 4.69) is 6.92 Å². The van der Waals surface area contributed by atoms with Crippen molar-refractivity contribution < 1.29 is 9.90 Å². The van der Waals surface area contributed by atoms with Gasteiger partial charge in [-0.1, -0.05) is 32.6 Å². The number of aliphatic carboxylic acids is 1. The average molecular weight is 183 g/mol. The summed E-state index contributed by atoms with van der Waals surface area (Å²) < 4.78 is 0. The Morgan fingerprint density at radius 3 is 2.46 bits per heavy atom. The van der Waals surface area contributed by atoms with Crippen molar-refractivity contribution in [1.29, 1.82) is 0 Å². The molecule has 0 aliphatic heterocycles. The summed E-state index contributed by atoms with van der Waals surface area (Å²) in [6.45, 7) is 2.19. The number of unbranched alkanes of at least 4 members (excludes halogenated alkanes) is 2. The molecule has 1 fully saturated rings. The maximum Gasteiger partial charge on any atom is 0.0417 e. The third-order valence-corrected chi connectivity index (χ3v) is 3.18. The van der Waals surface area contributed by atoms with Crippen LogP contribution in [0.5, 0.6) is 0 Å². The molecule has 1 saturated carbocycles. The minimum absolute atomic E-state index is 0.288. The molecule has 0 saturated heterocycles. The molecule has 76 valence electrons. The lowest BCUT2D eigenvalue weighted by Gasteiger charge is -2.37. The van der Waals surface area contributed by atoms with Crippen molar-refractivity contribution in [2.75, 3.05) is 0 Å². The predicted octanol–water partition coefficient (Wildman–Crippen LogP) is 1.73. The van der Waals surface area contributed by atoms with E-state index in [1.165, 1.54) is 32.1 Å². The van der Waals surface area contributed by atoms with E-state index in [1.807, 2.05) is 0 Å². The van der Waals surface area contributed by atoms with Crippen LogP contribution >= 0.6 is 0 Å². The van der Waals surface area contributed by atoms with E-state index in [0.717, 1.165) is 6.42 Å². The zero-order valence-electron chi connectivity index (χ0n) is 8.42. The third kappa shape index (κ3) is 3.37. The van der Waals surface area contributed by atoms with E-state index < -0.39 is 5.97 Å². The topological polar surface area (TPSA) is 40.1 Å². The van der Waals surface area contributed by atoms with Crippen LogP contribution in [0.1, 0.15) is 51.9 Å². The van der Waals surface area contributed by atoms with Gasteiger partial charge in [0.05, 0.1) is 0 Å². The van der Waals surface area contributed by atoms with Crippen molar-refractivity contribution in [2.24, 2.45) is 11.8 Å². The van der Waals surface area contributed by atoms with Gasteiger partial charge in [-0.2, -0.15) is 0 Å². The van der Waals surface area contributed by atoms with E-state index in [4.69, 9.17) is 0 Å². The summed E-state index contributed by atoms with van der Waals surface area (Å²) in [4.78, 5) is 10.4. The Morgan fingerprint density at radius 2 is 2.00 bits per heavy atom. The van der Waals surface area contributed by atoms with Crippen LogP contribution in [-0.2, 0) is 4.79 Å². The number of hydrogen-bond acceptors (Lipinski definition) is 2. The van der Waals surface area contributed by atoms with Crippen LogP contribution in [0.25, 0.3) is 0 Å². The quantitative estimate of drug-likeness (QED) is 0.588. The number of rotatable bonds is 6. The molecule has 1 rings (SSSR count). The molecule has 13 heavy (non-hydrogen) atoms. The molecular formula is C11H19O2-. The maximum absolute atomic E-state index is 10.4. The summed E-state index contributed by atoms with van der Waals surface area (Å²) >= 11 is 0. The molecule has 0 aromatic rings. The monoisotopic (exact) mass is 183 g/mol. The number of carbonyl (C=O) groups excluding carboxylic acids is 1. The largest absolute Gasteiger partial charge is 0.550 e. The van der Waals surface area contributed by atoms with Crippen LogP contribution in [-0.4, -0.2) is 5.97 Å². The van der Waals surface area contributed by atoms with Crippen molar-refractivity contribution in [1.82, 2.24) is 0 Å². The van der Waals surface area contributed by atoms with Gasteiger partial charge in [-0.05, 0) is 31.1 Å². The fourth-order valence-electron chi connectivity index (χ4n) is 2.16.